The normalized spacial score (nSPS) is 32.5. The van der Waals surface area contributed by atoms with Crippen LogP contribution in [0.25, 0.3) is 0 Å². The Morgan fingerprint density at radius 3 is 2.38 bits per heavy atom. The predicted molar refractivity (Wildman–Crippen MR) is 77.1 cm³/mol. The van der Waals surface area contributed by atoms with Crippen LogP contribution in [0.3, 0.4) is 0 Å². The Hall–Kier alpha value is -1.65. The summed E-state index contributed by atoms with van der Waals surface area (Å²) < 4.78 is 0. The molecular weight excluding hydrogens is 268 g/mol. The van der Waals surface area contributed by atoms with Crippen molar-refractivity contribution in [3.05, 3.63) is 12.2 Å². The van der Waals surface area contributed by atoms with E-state index in [2.05, 4.69) is 6.92 Å². The molecule has 0 N–H and O–H groups in total. The van der Waals surface area contributed by atoms with Gasteiger partial charge in [0.2, 0.25) is 17.7 Å². The van der Waals surface area contributed by atoms with E-state index in [0.717, 1.165) is 25.9 Å². The molecule has 0 aromatic carbocycles. The fourth-order valence-corrected chi connectivity index (χ4v) is 3.68. The molecule has 114 valence electrons. The third-order valence-electron chi connectivity index (χ3n) is 4.90. The van der Waals surface area contributed by atoms with E-state index in [1.54, 1.807) is 4.90 Å². The molecule has 0 aromatic heterocycles. The highest BCUT2D eigenvalue weighted by atomic mass is 16.2. The van der Waals surface area contributed by atoms with Crippen LogP contribution in [0.15, 0.2) is 12.2 Å². The first-order valence-electron chi connectivity index (χ1n) is 7.86. The van der Waals surface area contributed by atoms with Crippen LogP contribution in [0.1, 0.15) is 32.6 Å². The second-order valence-corrected chi connectivity index (χ2v) is 6.51. The fourth-order valence-electron chi connectivity index (χ4n) is 3.68. The molecule has 3 atom stereocenters. The van der Waals surface area contributed by atoms with Crippen molar-refractivity contribution in [1.29, 1.82) is 0 Å². The van der Waals surface area contributed by atoms with Gasteiger partial charge in [0.15, 0.2) is 0 Å². The number of imide groups is 1. The van der Waals surface area contributed by atoms with Gasteiger partial charge in [-0.2, -0.15) is 0 Å². The summed E-state index contributed by atoms with van der Waals surface area (Å²) in [5, 5.41) is 0. The number of amides is 3. The van der Waals surface area contributed by atoms with Crippen LogP contribution in [0.2, 0.25) is 0 Å². The van der Waals surface area contributed by atoms with Gasteiger partial charge in [-0.15, -0.1) is 0 Å². The summed E-state index contributed by atoms with van der Waals surface area (Å²) in [6.07, 6.45) is 7.32. The highest BCUT2D eigenvalue weighted by Crippen LogP contribution is 2.35. The summed E-state index contributed by atoms with van der Waals surface area (Å²) in [6.45, 7) is 3.54. The van der Waals surface area contributed by atoms with Crippen LogP contribution >= 0.6 is 0 Å². The first kappa shape index (κ1) is 14.3. The molecule has 5 heteroatoms. The topological polar surface area (TPSA) is 57.7 Å². The van der Waals surface area contributed by atoms with Gasteiger partial charge in [0, 0.05) is 13.1 Å². The maximum Gasteiger partial charge on any atom is 0.242 e. The lowest BCUT2D eigenvalue weighted by molar-refractivity contribution is -0.147. The number of likely N-dealkylation sites (tertiary alicyclic amines) is 2. The SMILES string of the molecule is C[C@@H]1CCCN(C(=O)CN2C(=O)[C@H]3CC=CC[C@@H]3C2=O)C1. The van der Waals surface area contributed by atoms with Gasteiger partial charge >= 0.3 is 0 Å². The van der Waals surface area contributed by atoms with Crippen molar-refractivity contribution in [2.75, 3.05) is 19.6 Å². The minimum atomic E-state index is -0.240. The third-order valence-corrected chi connectivity index (χ3v) is 4.90. The Kier molecular flexibility index (Phi) is 3.83. The number of rotatable bonds is 2. The quantitative estimate of drug-likeness (QED) is 0.567. The summed E-state index contributed by atoms with van der Waals surface area (Å²) in [5.41, 5.74) is 0. The van der Waals surface area contributed by atoms with Gasteiger partial charge < -0.3 is 4.90 Å². The van der Waals surface area contributed by atoms with E-state index in [9.17, 15) is 14.4 Å². The van der Waals surface area contributed by atoms with Gasteiger partial charge in [0.05, 0.1) is 11.8 Å². The van der Waals surface area contributed by atoms with Gasteiger partial charge in [-0.3, -0.25) is 19.3 Å². The second kappa shape index (κ2) is 5.62. The van der Waals surface area contributed by atoms with Crippen molar-refractivity contribution in [3.63, 3.8) is 0 Å². The van der Waals surface area contributed by atoms with E-state index in [4.69, 9.17) is 0 Å². The molecule has 3 aliphatic rings. The summed E-state index contributed by atoms with van der Waals surface area (Å²) >= 11 is 0. The van der Waals surface area contributed by atoms with Gasteiger partial charge in [0.1, 0.15) is 6.54 Å². The molecule has 1 aliphatic carbocycles. The fraction of sp³-hybridized carbons (Fsp3) is 0.688. The molecule has 3 amide bonds. The van der Waals surface area contributed by atoms with Crippen molar-refractivity contribution in [2.45, 2.75) is 32.6 Å². The Morgan fingerprint density at radius 2 is 1.81 bits per heavy atom. The number of hydrogen-bond donors (Lipinski definition) is 0. The Labute approximate surface area is 125 Å². The highest BCUT2D eigenvalue weighted by Gasteiger charge is 2.47. The zero-order chi connectivity index (χ0) is 15.0. The van der Waals surface area contributed by atoms with Crippen LogP contribution in [-0.2, 0) is 14.4 Å². The van der Waals surface area contributed by atoms with Crippen molar-refractivity contribution < 1.29 is 14.4 Å². The number of carbonyl (C=O) groups is 3. The Morgan fingerprint density at radius 1 is 1.19 bits per heavy atom. The first-order chi connectivity index (χ1) is 10.1. The average Bonchev–Trinajstić information content (AvgIpc) is 2.73. The van der Waals surface area contributed by atoms with Gasteiger partial charge in [-0.05, 0) is 31.6 Å². The molecule has 0 unspecified atom stereocenters. The van der Waals surface area contributed by atoms with Crippen LogP contribution in [0.5, 0.6) is 0 Å². The molecule has 0 saturated carbocycles. The van der Waals surface area contributed by atoms with Crippen molar-refractivity contribution >= 4 is 17.7 Å². The molecule has 0 bridgehead atoms. The van der Waals surface area contributed by atoms with Gasteiger partial charge in [0.25, 0.3) is 0 Å². The molecule has 2 fully saturated rings. The van der Waals surface area contributed by atoms with E-state index >= 15 is 0 Å². The number of fused-ring (bicyclic) bond motifs is 1. The van der Waals surface area contributed by atoms with Crippen LogP contribution in [0.4, 0.5) is 0 Å². The second-order valence-electron chi connectivity index (χ2n) is 6.51. The van der Waals surface area contributed by atoms with Crippen molar-refractivity contribution in [2.24, 2.45) is 17.8 Å². The summed E-state index contributed by atoms with van der Waals surface area (Å²) in [4.78, 5) is 40.0. The molecule has 3 rings (SSSR count). The van der Waals surface area contributed by atoms with E-state index in [1.165, 1.54) is 4.90 Å². The standard InChI is InChI=1S/C16H22N2O3/c1-11-5-4-8-17(9-11)14(19)10-18-15(20)12-6-2-3-7-13(12)16(18)21/h2-3,11-13H,4-10H2,1H3/t11-,12+,13+/m1/s1. The smallest absolute Gasteiger partial charge is 0.242 e. The molecule has 0 spiro atoms. The van der Waals surface area contributed by atoms with Crippen LogP contribution in [-0.4, -0.2) is 47.2 Å². The number of nitrogens with zero attached hydrogens (tertiary/aromatic N) is 2. The van der Waals surface area contributed by atoms with Crippen LogP contribution in [0, 0.1) is 17.8 Å². The predicted octanol–water partition coefficient (Wildman–Crippen LogP) is 1.20. The minimum absolute atomic E-state index is 0.0720. The largest absolute Gasteiger partial charge is 0.341 e. The average molecular weight is 290 g/mol. The molecule has 0 radical (unpaired) electrons. The lowest BCUT2D eigenvalue weighted by Gasteiger charge is -2.32. The highest BCUT2D eigenvalue weighted by molar-refractivity contribution is 6.07. The maximum atomic E-state index is 12.4. The lowest BCUT2D eigenvalue weighted by atomic mass is 9.85. The Balaban J connectivity index is 1.66. The zero-order valence-electron chi connectivity index (χ0n) is 12.5. The molecule has 0 aromatic rings. The molecule has 2 saturated heterocycles. The van der Waals surface area contributed by atoms with Crippen LogP contribution < -0.4 is 0 Å². The summed E-state index contributed by atoms with van der Waals surface area (Å²) in [7, 11) is 0. The van der Waals surface area contributed by atoms with E-state index < -0.39 is 0 Å². The summed E-state index contributed by atoms with van der Waals surface area (Å²) in [5.74, 6) is -0.388. The lowest BCUT2D eigenvalue weighted by Crippen LogP contribution is -2.46. The molecule has 2 aliphatic heterocycles. The monoisotopic (exact) mass is 290 g/mol. The molecule has 21 heavy (non-hydrogen) atoms. The van der Waals surface area contributed by atoms with Crippen molar-refractivity contribution in [1.82, 2.24) is 9.80 Å². The molecule has 5 nitrogen and oxygen atoms in total. The third kappa shape index (κ3) is 2.61. The van der Waals surface area contributed by atoms with Gasteiger partial charge in [-0.25, -0.2) is 0 Å². The maximum absolute atomic E-state index is 12.4. The zero-order valence-corrected chi connectivity index (χ0v) is 12.5. The minimum Gasteiger partial charge on any atom is -0.341 e. The van der Waals surface area contributed by atoms with Crippen molar-refractivity contribution in [3.8, 4) is 0 Å². The van der Waals surface area contributed by atoms with Gasteiger partial charge in [-0.1, -0.05) is 19.1 Å². The summed E-state index contributed by atoms with van der Waals surface area (Å²) in [6, 6.07) is 0. The van der Waals surface area contributed by atoms with E-state index in [-0.39, 0.29) is 36.1 Å². The number of carbonyl (C=O) groups excluding carboxylic acids is 3. The molecule has 2 heterocycles. The van der Waals surface area contributed by atoms with E-state index in [0.29, 0.717) is 18.8 Å². The first-order valence-corrected chi connectivity index (χ1v) is 7.86. The van der Waals surface area contributed by atoms with E-state index in [1.807, 2.05) is 12.2 Å². The Bertz CT molecular complexity index is 474. The number of allylic oxidation sites excluding steroid dienone is 2. The molecular formula is C16H22N2O3. The number of piperidine rings is 1. The number of hydrogen-bond acceptors (Lipinski definition) is 3.